The molecule has 1 aromatic rings. The molecule has 1 aromatic carbocycles. The Hall–Kier alpha value is -2.55. The summed E-state index contributed by atoms with van der Waals surface area (Å²) < 4.78 is 33.4. The molecule has 27 heavy (non-hydrogen) atoms. The summed E-state index contributed by atoms with van der Waals surface area (Å²) in [6, 6.07) is 5.30. The number of ether oxygens (including phenoxy) is 2. The van der Waals surface area contributed by atoms with Gasteiger partial charge in [0, 0.05) is 6.42 Å². The van der Waals surface area contributed by atoms with Crippen LogP contribution in [0.5, 0.6) is 11.5 Å². The van der Waals surface area contributed by atoms with Gasteiger partial charge < -0.3 is 9.47 Å². The van der Waals surface area contributed by atoms with Crippen LogP contribution < -0.4 is 20.3 Å². The molecule has 0 aliphatic carbocycles. The summed E-state index contributed by atoms with van der Waals surface area (Å²) in [5, 5.41) is 0. The van der Waals surface area contributed by atoms with Crippen molar-refractivity contribution in [1.82, 2.24) is 10.9 Å². The van der Waals surface area contributed by atoms with Crippen LogP contribution >= 0.6 is 0 Å². The molecule has 1 aliphatic heterocycles. The van der Waals surface area contributed by atoms with Gasteiger partial charge in [-0.05, 0) is 37.0 Å². The van der Waals surface area contributed by atoms with Crippen molar-refractivity contribution in [1.29, 1.82) is 0 Å². The standard InChI is InChI=1S/C18H24N2O6S/c1-3-4-13-5-6-15(16(9-13)25-2)26-11-18(22)20-19-17(21)10-14-7-8-27(23,24)12-14/h3-6,9,14H,7-8,10-12H2,1-2H3,(H,19,21)(H,20,22)/b4-3+. The first-order valence-corrected chi connectivity index (χ1v) is 10.4. The van der Waals surface area contributed by atoms with Crippen molar-refractivity contribution in [2.24, 2.45) is 5.92 Å². The van der Waals surface area contributed by atoms with Crippen LogP contribution in [0.25, 0.3) is 6.08 Å². The highest BCUT2D eigenvalue weighted by Gasteiger charge is 2.29. The summed E-state index contributed by atoms with van der Waals surface area (Å²) >= 11 is 0. The van der Waals surface area contributed by atoms with Crippen LogP contribution in [0.3, 0.4) is 0 Å². The first kappa shape index (κ1) is 20.8. The van der Waals surface area contributed by atoms with Gasteiger partial charge in [-0.15, -0.1) is 0 Å². The van der Waals surface area contributed by atoms with Crippen LogP contribution in [0.15, 0.2) is 24.3 Å². The maximum atomic E-state index is 11.8. The number of carbonyl (C=O) groups excluding carboxylic acids is 2. The minimum absolute atomic E-state index is 0.0144. The highest BCUT2D eigenvalue weighted by Crippen LogP contribution is 2.28. The lowest BCUT2D eigenvalue weighted by Gasteiger charge is -2.12. The van der Waals surface area contributed by atoms with E-state index in [0.29, 0.717) is 17.9 Å². The molecular weight excluding hydrogens is 372 g/mol. The molecule has 2 N–H and O–H groups in total. The van der Waals surface area contributed by atoms with Gasteiger partial charge in [0.15, 0.2) is 27.9 Å². The molecule has 2 amide bonds. The van der Waals surface area contributed by atoms with Crippen molar-refractivity contribution in [3.63, 3.8) is 0 Å². The van der Waals surface area contributed by atoms with Crippen LogP contribution in [-0.2, 0) is 19.4 Å². The van der Waals surface area contributed by atoms with Crippen molar-refractivity contribution in [3.8, 4) is 11.5 Å². The molecule has 0 aromatic heterocycles. The molecule has 0 radical (unpaired) electrons. The maximum absolute atomic E-state index is 11.8. The second kappa shape index (κ2) is 9.40. The Kier molecular flexibility index (Phi) is 7.23. The van der Waals surface area contributed by atoms with Gasteiger partial charge in [-0.1, -0.05) is 18.2 Å². The maximum Gasteiger partial charge on any atom is 0.276 e. The van der Waals surface area contributed by atoms with Gasteiger partial charge >= 0.3 is 0 Å². The van der Waals surface area contributed by atoms with E-state index in [2.05, 4.69) is 10.9 Å². The molecule has 148 valence electrons. The monoisotopic (exact) mass is 396 g/mol. The van der Waals surface area contributed by atoms with Gasteiger partial charge in [-0.25, -0.2) is 8.42 Å². The Morgan fingerprint density at radius 2 is 1.96 bits per heavy atom. The molecule has 1 atom stereocenters. The number of hydrazine groups is 1. The quantitative estimate of drug-likeness (QED) is 0.667. The molecular formula is C18H24N2O6S. The lowest BCUT2D eigenvalue weighted by Crippen LogP contribution is -2.44. The van der Waals surface area contributed by atoms with E-state index in [1.54, 1.807) is 12.1 Å². The zero-order valence-corrected chi connectivity index (χ0v) is 16.2. The van der Waals surface area contributed by atoms with Crippen LogP contribution in [0.2, 0.25) is 0 Å². The fraction of sp³-hybridized carbons (Fsp3) is 0.444. The van der Waals surface area contributed by atoms with Crippen molar-refractivity contribution in [3.05, 3.63) is 29.8 Å². The number of carbonyl (C=O) groups is 2. The summed E-state index contributed by atoms with van der Waals surface area (Å²) in [5.41, 5.74) is 5.46. The second-order valence-corrected chi connectivity index (χ2v) is 8.50. The topological polar surface area (TPSA) is 111 Å². The molecule has 9 heteroatoms. The third kappa shape index (κ3) is 6.59. The molecule has 1 unspecified atom stereocenters. The molecule has 1 aliphatic rings. The smallest absolute Gasteiger partial charge is 0.276 e. The Balaban J connectivity index is 1.77. The van der Waals surface area contributed by atoms with Crippen LogP contribution in [0.1, 0.15) is 25.3 Å². The number of nitrogens with one attached hydrogen (secondary N) is 2. The normalized spacial score (nSPS) is 18.2. The van der Waals surface area contributed by atoms with E-state index in [1.165, 1.54) is 7.11 Å². The van der Waals surface area contributed by atoms with E-state index >= 15 is 0 Å². The molecule has 0 bridgehead atoms. The van der Waals surface area contributed by atoms with Crippen LogP contribution in [0, 0.1) is 5.92 Å². The first-order chi connectivity index (χ1) is 12.8. The number of benzene rings is 1. The zero-order chi connectivity index (χ0) is 19.9. The van der Waals surface area contributed by atoms with Crippen LogP contribution in [0.4, 0.5) is 0 Å². The third-order valence-electron chi connectivity index (χ3n) is 4.05. The fourth-order valence-corrected chi connectivity index (χ4v) is 4.63. The number of sulfone groups is 1. The minimum Gasteiger partial charge on any atom is -0.493 e. The Morgan fingerprint density at radius 3 is 2.59 bits per heavy atom. The summed E-state index contributed by atoms with van der Waals surface area (Å²) in [7, 11) is -1.52. The third-order valence-corrected chi connectivity index (χ3v) is 5.88. The van der Waals surface area contributed by atoms with Gasteiger partial charge in [-0.2, -0.15) is 0 Å². The summed E-state index contributed by atoms with van der Waals surface area (Å²) in [6.07, 6.45) is 4.33. The fourth-order valence-electron chi connectivity index (χ4n) is 2.76. The van der Waals surface area contributed by atoms with E-state index in [-0.39, 0.29) is 30.5 Å². The van der Waals surface area contributed by atoms with E-state index in [0.717, 1.165) is 5.56 Å². The SMILES string of the molecule is C/C=C/c1ccc(OCC(=O)NNC(=O)CC2CCS(=O)(=O)C2)c(OC)c1. The molecule has 1 heterocycles. The van der Waals surface area contributed by atoms with Crippen molar-refractivity contribution in [2.75, 3.05) is 25.2 Å². The van der Waals surface area contributed by atoms with E-state index in [9.17, 15) is 18.0 Å². The number of amides is 2. The molecule has 0 saturated carbocycles. The van der Waals surface area contributed by atoms with Gasteiger partial charge in [-0.3, -0.25) is 20.4 Å². The molecule has 0 spiro atoms. The summed E-state index contributed by atoms with van der Waals surface area (Å²) in [5.74, 6) is -0.155. The molecule has 2 rings (SSSR count). The van der Waals surface area contributed by atoms with Crippen molar-refractivity contribution >= 4 is 27.7 Å². The van der Waals surface area contributed by atoms with E-state index in [1.807, 2.05) is 25.1 Å². The number of allylic oxidation sites excluding steroid dienone is 1. The zero-order valence-electron chi connectivity index (χ0n) is 15.4. The first-order valence-electron chi connectivity index (χ1n) is 8.54. The van der Waals surface area contributed by atoms with Gasteiger partial charge in [0.25, 0.3) is 5.91 Å². The molecule has 8 nitrogen and oxygen atoms in total. The lowest BCUT2D eigenvalue weighted by molar-refractivity contribution is -0.130. The highest BCUT2D eigenvalue weighted by molar-refractivity contribution is 7.91. The van der Waals surface area contributed by atoms with Gasteiger partial charge in [0.05, 0.1) is 18.6 Å². The molecule has 1 fully saturated rings. The minimum atomic E-state index is -3.03. The van der Waals surface area contributed by atoms with Crippen molar-refractivity contribution < 1.29 is 27.5 Å². The average molecular weight is 396 g/mol. The highest BCUT2D eigenvalue weighted by atomic mass is 32.2. The van der Waals surface area contributed by atoms with E-state index in [4.69, 9.17) is 9.47 Å². The summed E-state index contributed by atoms with van der Waals surface area (Å²) in [6.45, 7) is 1.60. The largest absolute Gasteiger partial charge is 0.493 e. The summed E-state index contributed by atoms with van der Waals surface area (Å²) in [4.78, 5) is 23.6. The van der Waals surface area contributed by atoms with Gasteiger partial charge in [0.1, 0.15) is 0 Å². The predicted octanol–water partition coefficient (Wildman–Crippen LogP) is 1.08. The molecule has 1 saturated heterocycles. The van der Waals surface area contributed by atoms with E-state index < -0.39 is 21.7 Å². The van der Waals surface area contributed by atoms with Crippen LogP contribution in [-0.4, -0.2) is 45.5 Å². The van der Waals surface area contributed by atoms with Crippen molar-refractivity contribution in [2.45, 2.75) is 19.8 Å². The number of hydrogen-bond acceptors (Lipinski definition) is 6. The Bertz CT molecular complexity index is 819. The van der Waals surface area contributed by atoms with Gasteiger partial charge in [0.2, 0.25) is 5.91 Å². The Morgan fingerprint density at radius 1 is 1.22 bits per heavy atom. The predicted molar refractivity (Wildman–Crippen MR) is 101 cm³/mol. The lowest BCUT2D eigenvalue weighted by atomic mass is 10.1. The number of hydrogen-bond donors (Lipinski definition) is 2. The Labute approximate surface area is 158 Å². The average Bonchev–Trinajstić information content (AvgIpc) is 2.97. The number of rotatable bonds is 7. The second-order valence-electron chi connectivity index (χ2n) is 6.27. The number of methoxy groups -OCH3 is 1.